The van der Waals surface area contributed by atoms with Gasteiger partial charge in [0, 0.05) is 41.0 Å². The zero-order valence-electron chi connectivity index (χ0n) is 18.2. The molecule has 0 unspecified atom stereocenters. The van der Waals surface area contributed by atoms with Crippen LogP contribution in [0.25, 0.3) is 22.2 Å². The largest absolute Gasteiger partial charge is 0.354 e. The van der Waals surface area contributed by atoms with Crippen LogP contribution in [0.1, 0.15) is 48.0 Å². The molecule has 3 heterocycles. The number of hydrogen-bond donors (Lipinski definition) is 4. The highest BCUT2D eigenvalue weighted by Gasteiger charge is 2.29. The minimum Gasteiger partial charge on any atom is -0.354 e. The number of aromatic nitrogens is 3. The van der Waals surface area contributed by atoms with Gasteiger partial charge in [0.05, 0.1) is 29.7 Å². The maximum absolute atomic E-state index is 13.1. The summed E-state index contributed by atoms with van der Waals surface area (Å²) in [4.78, 5) is 29.3. The summed E-state index contributed by atoms with van der Waals surface area (Å²) >= 11 is 0. The normalized spacial score (nSPS) is 17.2. The summed E-state index contributed by atoms with van der Waals surface area (Å²) in [6.07, 6.45) is 11.0. The topological polar surface area (TPSA) is 116 Å². The summed E-state index contributed by atoms with van der Waals surface area (Å²) < 4.78 is 1.72. The summed E-state index contributed by atoms with van der Waals surface area (Å²) in [5.41, 5.74) is 6.90. The second-order valence-corrected chi connectivity index (χ2v) is 8.62. The van der Waals surface area contributed by atoms with Gasteiger partial charge in [0.25, 0.3) is 5.91 Å². The van der Waals surface area contributed by atoms with E-state index in [0.29, 0.717) is 17.2 Å². The van der Waals surface area contributed by atoms with Crippen molar-refractivity contribution in [1.29, 1.82) is 0 Å². The first kappa shape index (κ1) is 20.4. The molecule has 32 heavy (non-hydrogen) atoms. The minimum absolute atomic E-state index is 0.0736. The van der Waals surface area contributed by atoms with E-state index in [1.807, 2.05) is 26.4 Å². The van der Waals surface area contributed by atoms with E-state index < -0.39 is 0 Å². The molecule has 1 fully saturated rings. The van der Waals surface area contributed by atoms with Crippen molar-refractivity contribution < 1.29 is 9.59 Å². The van der Waals surface area contributed by atoms with Crippen molar-refractivity contribution in [2.75, 3.05) is 12.4 Å². The van der Waals surface area contributed by atoms with Crippen molar-refractivity contribution >= 4 is 34.6 Å². The number of amides is 2. The van der Waals surface area contributed by atoms with E-state index in [1.165, 1.54) is 6.42 Å². The van der Waals surface area contributed by atoms with Crippen molar-refractivity contribution in [1.82, 2.24) is 25.5 Å². The van der Waals surface area contributed by atoms with Crippen LogP contribution in [0.3, 0.4) is 0 Å². The zero-order chi connectivity index (χ0) is 22.2. The molecule has 0 bridgehead atoms. The SMILES string of the molecule is CN[C@@H](C(=O)Nc1cc2c3c(c(-c4cnn(C)c4)[nH]c3c1)C=NNC2=O)C1CCCCC1. The van der Waals surface area contributed by atoms with Gasteiger partial charge in [-0.15, -0.1) is 0 Å². The smallest absolute Gasteiger partial charge is 0.272 e. The Morgan fingerprint density at radius 2 is 2.06 bits per heavy atom. The van der Waals surface area contributed by atoms with E-state index in [9.17, 15) is 9.59 Å². The Balaban J connectivity index is 1.53. The van der Waals surface area contributed by atoms with Gasteiger partial charge in [-0.2, -0.15) is 10.2 Å². The number of carbonyl (C=O) groups is 2. The Bertz CT molecular complexity index is 1220. The van der Waals surface area contributed by atoms with Crippen molar-refractivity contribution in [2.45, 2.75) is 38.1 Å². The molecule has 3 aromatic rings. The van der Waals surface area contributed by atoms with Crippen molar-refractivity contribution in [2.24, 2.45) is 18.1 Å². The van der Waals surface area contributed by atoms with Gasteiger partial charge in [-0.3, -0.25) is 14.3 Å². The van der Waals surface area contributed by atoms with Crippen molar-refractivity contribution in [3.8, 4) is 11.3 Å². The Labute approximate surface area is 185 Å². The second-order valence-electron chi connectivity index (χ2n) is 8.62. The van der Waals surface area contributed by atoms with Gasteiger partial charge in [-0.25, -0.2) is 5.43 Å². The van der Waals surface area contributed by atoms with Crippen LogP contribution < -0.4 is 16.1 Å². The molecule has 0 radical (unpaired) electrons. The number of likely N-dealkylation sites (N-methyl/N-ethyl adjacent to an activating group) is 1. The third-order valence-corrected chi connectivity index (χ3v) is 6.52. The van der Waals surface area contributed by atoms with Crippen molar-refractivity contribution in [3.05, 3.63) is 35.7 Å². The number of rotatable bonds is 5. The number of hydrazone groups is 1. The summed E-state index contributed by atoms with van der Waals surface area (Å²) in [5.74, 6) is -0.0595. The number of aryl methyl sites for hydroxylation is 1. The van der Waals surface area contributed by atoms with Gasteiger partial charge in [-0.1, -0.05) is 19.3 Å². The molecule has 9 heteroatoms. The number of carbonyl (C=O) groups excluding carboxylic acids is 2. The van der Waals surface area contributed by atoms with Gasteiger partial charge in [0.2, 0.25) is 5.91 Å². The molecule has 1 saturated carbocycles. The van der Waals surface area contributed by atoms with Gasteiger partial charge >= 0.3 is 0 Å². The van der Waals surface area contributed by atoms with Crippen LogP contribution in [0.2, 0.25) is 0 Å². The highest BCUT2D eigenvalue weighted by atomic mass is 16.2. The Morgan fingerprint density at radius 1 is 1.25 bits per heavy atom. The first-order valence-corrected chi connectivity index (χ1v) is 11.1. The van der Waals surface area contributed by atoms with Crippen LogP contribution in [0.5, 0.6) is 0 Å². The lowest BCUT2D eigenvalue weighted by Crippen LogP contribution is -2.44. The lowest BCUT2D eigenvalue weighted by atomic mass is 9.83. The fourth-order valence-electron chi connectivity index (χ4n) is 5.00. The standard InChI is InChI=1S/C23H27N7O2/c1-24-21(13-6-4-3-5-7-13)23(32)27-15-8-16-19-17(11-25-29-22(16)31)20(28-18(19)9-15)14-10-26-30(2)12-14/h8-13,21,24,28H,3-7H2,1-2H3,(H,27,32)(H,29,31)/t21-/m1/s1. The van der Waals surface area contributed by atoms with Crippen LogP contribution in [0, 0.1) is 5.92 Å². The number of H-pyrrole nitrogens is 1. The average Bonchev–Trinajstić information content (AvgIpc) is 3.33. The van der Waals surface area contributed by atoms with E-state index in [0.717, 1.165) is 53.4 Å². The Kier molecular flexibility index (Phi) is 5.26. The molecule has 9 nitrogen and oxygen atoms in total. The molecule has 1 aliphatic carbocycles. The van der Waals surface area contributed by atoms with Crippen LogP contribution in [-0.2, 0) is 11.8 Å². The maximum Gasteiger partial charge on any atom is 0.272 e. The molecular formula is C23H27N7O2. The predicted octanol–water partition coefficient (Wildman–Crippen LogP) is 2.75. The first-order valence-electron chi connectivity index (χ1n) is 11.1. The lowest BCUT2D eigenvalue weighted by molar-refractivity contribution is -0.119. The summed E-state index contributed by atoms with van der Waals surface area (Å²) in [6, 6.07) is 3.34. The number of anilines is 1. The maximum atomic E-state index is 13.1. The zero-order valence-corrected chi connectivity index (χ0v) is 18.2. The quantitative estimate of drug-likeness (QED) is 0.495. The molecule has 1 aliphatic heterocycles. The number of aromatic amines is 1. The first-order chi connectivity index (χ1) is 15.5. The molecular weight excluding hydrogens is 406 g/mol. The van der Waals surface area contributed by atoms with Crippen LogP contribution >= 0.6 is 0 Å². The van der Waals surface area contributed by atoms with E-state index in [1.54, 1.807) is 23.2 Å². The molecule has 0 saturated heterocycles. The van der Waals surface area contributed by atoms with E-state index in [2.05, 4.69) is 31.2 Å². The van der Waals surface area contributed by atoms with Gasteiger partial charge < -0.3 is 15.6 Å². The van der Waals surface area contributed by atoms with E-state index in [4.69, 9.17) is 0 Å². The molecule has 2 aliphatic rings. The van der Waals surface area contributed by atoms with Crippen molar-refractivity contribution in [3.63, 3.8) is 0 Å². The Morgan fingerprint density at radius 3 is 2.78 bits per heavy atom. The van der Waals surface area contributed by atoms with E-state index >= 15 is 0 Å². The molecule has 2 amide bonds. The molecule has 5 rings (SSSR count). The third-order valence-electron chi connectivity index (χ3n) is 6.52. The average molecular weight is 434 g/mol. The molecule has 4 N–H and O–H groups in total. The van der Waals surface area contributed by atoms with Gasteiger partial charge in [-0.05, 0) is 37.9 Å². The molecule has 1 atom stereocenters. The number of nitrogens with zero attached hydrogens (tertiary/aromatic N) is 3. The number of benzene rings is 1. The summed E-state index contributed by atoms with van der Waals surface area (Å²) in [5, 5.41) is 15.3. The minimum atomic E-state index is -0.310. The monoisotopic (exact) mass is 433 g/mol. The molecule has 1 aromatic carbocycles. The third kappa shape index (κ3) is 3.58. The molecule has 166 valence electrons. The summed E-state index contributed by atoms with van der Waals surface area (Å²) in [7, 11) is 3.69. The van der Waals surface area contributed by atoms with Crippen LogP contribution in [0.4, 0.5) is 5.69 Å². The molecule has 0 spiro atoms. The number of nitrogens with one attached hydrogen (secondary N) is 4. The van der Waals surface area contributed by atoms with E-state index in [-0.39, 0.29) is 17.9 Å². The summed E-state index contributed by atoms with van der Waals surface area (Å²) in [6.45, 7) is 0. The molecule has 2 aromatic heterocycles. The Hall–Kier alpha value is -3.46. The van der Waals surface area contributed by atoms with Crippen LogP contribution in [-0.4, -0.2) is 45.9 Å². The van der Waals surface area contributed by atoms with Gasteiger partial charge in [0.1, 0.15) is 0 Å². The fraction of sp³-hybridized carbons (Fsp3) is 0.391. The van der Waals surface area contributed by atoms with Gasteiger partial charge in [0.15, 0.2) is 0 Å². The van der Waals surface area contributed by atoms with Crippen LogP contribution in [0.15, 0.2) is 29.6 Å². The second kappa shape index (κ2) is 8.23. The number of hydrogen-bond acceptors (Lipinski definition) is 5. The highest BCUT2D eigenvalue weighted by Crippen LogP contribution is 2.34. The fourth-order valence-corrected chi connectivity index (χ4v) is 5.00. The lowest BCUT2D eigenvalue weighted by Gasteiger charge is -2.29. The predicted molar refractivity (Wildman–Crippen MR) is 124 cm³/mol. The highest BCUT2D eigenvalue weighted by molar-refractivity contribution is 6.18.